The van der Waals surface area contributed by atoms with Crippen molar-refractivity contribution in [2.24, 2.45) is 0 Å². The van der Waals surface area contributed by atoms with Crippen molar-refractivity contribution in [1.82, 2.24) is 0 Å². The number of fused-ring (bicyclic) bond motifs is 1. The number of non-ortho nitro benzene ring substituents is 1. The van der Waals surface area contributed by atoms with E-state index in [1.54, 1.807) is 19.1 Å². The molecule has 3 rings (SSSR count). The highest BCUT2D eigenvalue weighted by atomic mass is 19.1. The van der Waals surface area contributed by atoms with Gasteiger partial charge in [-0.2, -0.15) is 0 Å². The maximum atomic E-state index is 13.3. The van der Waals surface area contributed by atoms with E-state index in [1.165, 1.54) is 35.2 Å². The zero-order chi connectivity index (χ0) is 16.6. The Hall–Kier alpha value is -2.96. The number of nitro groups is 1. The number of nitro benzene ring substituents is 1. The molecule has 118 valence electrons. The summed E-state index contributed by atoms with van der Waals surface area (Å²) >= 11 is 0. The zero-order valence-electron chi connectivity index (χ0n) is 12.2. The number of nitrogens with zero attached hydrogens (tertiary/aromatic N) is 2. The Morgan fingerprint density at radius 1 is 1.30 bits per heavy atom. The molecule has 0 saturated carbocycles. The van der Waals surface area contributed by atoms with Crippen molar-refractivity contribution in [2.45, 2.75) is 19.6 Å². The lowest BCUT2D eigenvalue weighted by atomic mass is 10.1. The third-order valence-corrected chi connectivity index (χ3v) is 3.59. The molecule has 1 unspecified atom stereocenters. The van der Waals surface area contributed by atoms with Gasteiger partial charge in [0.1, 0.15) is 11.6 Å². The van der Waals surface area contributed by atoms with Crippen molar-refractivity contribution < 1.29 is 18.8 Å². The first-order valence-electron chi connectivity index (χ1n) is 6.96. The minimum Gasteiger partial charge on any atom is -0.479 e. The SMILES string of the molecule is CC1Oc2ccc([N+](=O)[O-])cc2N(Cc2cccc(F)c2)C1=O. The standard InChI is InChI=1S/C16H13FN2O4/c1-10-16(20)18(9-11-3-2-4-12(17)7-11)14-8-13(19(21)22)5-6-15(14)23-10/h2-8,10H,9H2,1H3. The van der Waals surface area contributed by atoms with Crippen LogP contribution in [0.4, 0.5) is 15.8 Å². The van der Waals surface area contributed by atoms with E-state index in [4.69, 9.17) is 4.74 Å². The first-order valence-corrected chi connectivity index (χ1v) is 6.96. The first kappa shape index (κ1) is 15.0. The second kappa shape index (κ2) is 5.68. The van der Waals surface area contributed by atoms with Gasteiger partial charge in [0, 0.05) is 12.1 Å². The fourth-order valence-electron chi connectivity index (χ4n) is 2.49. The molecule has 1 heterocycles. The fraction of sp³-hybridized carbons (Fsp3) is 0.188. The fourth-order valence-corrected chi connectivity index (χ4v) is 2.49. The minimum absolute atomic E-state index is 0.110. The summed E-state index contributed by atoms with van der Waals surface area (Å²) in [4.78, 5) is 24.2. The predicted molar refractivity (Wildman–Crippen MR) is 80.8 cm³/mol. The quantitative estimate of drug-likeness (QED) is 0.644. The Balaban J connectivity index is 2.03. The van der Waals surface area contributed by atoms with Gasteiger partial charge in [-0.05, 0) is 30.7 Å². The molecule has 0 aromatic heterocycles. The molecule has 0 saturated heterocycles. The lowest BCUT2D eigenvalue weighted by Gasteiger charge is -2.32. The Labute approximate surface area is 131 Å². The summed E-state index contributed by atoms with van der Waals surface area (Å²) in [6.45, 7) is 1.71. The Morgan fingerprint density at radius 2 is 2.09 bits per heavy atom. The Morgan fingerprint density at radius 3 is 2.78 bits per heavy atom. The van der Waals surface area contributed by atoms with Crippen molar-refractivity contribution >= 4 is 17.3 Å². The van der Waals surface area contributed by atoms with Gasteiger partial charge in [0.25, 0.3) is 11.6 Å². The number of anilines is 1. The van der Waals surface area contributed by atoms with E-state index in [-0.39, 0.29) is 18.1 Å². The van der Waals surface area contributed by atoms with Crippen LogP contribution in [0.25, 0.3) is 0 Å². The number of hydrogen-bond acceptors (Lipinski definition) is 4. The molecule has 1 aliphatic heterocycles. The van der Waals surface area contributed by atoms with E-state index >= 15 is 0 Å². The summed E-state index contributed by atoms with van der Waals surface area (Å²) in [5, 5.41) is 11.0. The molecular weight excluding hydrogens is 303 g/mol. The molecule has 23 heavy (non-hydrogen) atoms. The number of halogens is 1. The maximum absolute atomic E-state index is 13.3. The van der Waals surface area contributed by atoms with Crippen LogP contribution in [0.3, 0.4) is 0 Å². The number of rotatable bonds is 3. The molecule has 0 spiro atoms. The highest BCUT2D eigenvalue weighted by Gasteiger charge is 2.32. The third-order valence-electron chi connectivity index (χ3n) is 3.59. The van der Waals surface area contributed by atoms with Crippen LogP contribution >= 0.6 is 0 Å². The second-order valence-electron chi connectivity index (χ2n) is 5.22. The van der Waals surface area contributed by atoms with Crippen LogP contribution in [0.5, 0.6) is 5.75 Å². The number of hydrogen-bond donors (Lipinski definition) is 0. The largest absolute Gasteiger partial charge is 0.479 e. The molecule has 0 aliphatic carbocycles. The molecule has 0 fully saturated rings. The van der Waals surface area contributed by atoms with Crippen LogP contribution in [-0.4, -0.2) is 16.9 Å². The predicted octanol–water partition coefficient (Wildman–Crippen LogP) is 3.05. The van der Waals surface area contributed by atoms with Crippen LogP contribution in [-0.2, 0) is 11.3 Å². The van der Waals surface area contributed by atoms with Gasteiger partial charge in [-0.25, -0.2) is 4.39 Å². The molecule has 0 radical (unpaired) electrons. The summed E-state index contributed by atoms with van der Waals surface area (Å²) in [5.74, 6) is -0.350. The molecule has 7 heteroatoms. The van der Waals surface area contributed by atoms with Gasteiger partial charge in [0.05, 0.1) is 17.2 Å². The van der Waals surface area contributed by atoms with Crippen molar-refractivity contribution in [3.63, 3.8) is 0 Å². The highest BCUT2D eigenvalue weighted by Crippen LogP contribution is 2.37. The Bertz CT molecular complexity index is 793. The van der Waals surface area contributed by atoms with Gasteiger partial charge in [0.2, 0.25) is 0 Å². The van der Waals surface area contributed by atoms with Gasteiger partial charge < -0.3 is 9.64 Å². The van der Waals surface area contributed by atoms with Gasteiger partial charge in [0.15, 0.2) is 6.10 Å². The van der Waals surface area contributed by atoms with E-state index in [2.05, 4.69) is 0 Å². The molecule has 1 amide bonds. The summed E-state index contributed by atoms with van der Waals surface area (Å²) in [5.41, 5.74) is 0.760. The average molecular weight is 316 g/mol. The number of carbonyl (C=O) groups excluding carboxylic acids is 1. The lowest BCUT2D eigenvalue weighted by molar-refractivity contribution is -0.384. The first-order chi connectivity index (χ1) is 11.0. The molecule has 2 aromatic rings. The lowest BCUT2D eigenvalue weighted by Crippen LogP contribution is -2.44. The van der Waals surface area contributed by atoms with Crippen molar-refractivity contribution in [3.05, 3.63) is 64.0 Å². The van der Waals surface area contributed by atoms with Gasteiger partial charge in [-0.15, -0.1) is 0 Å². The van der Waals surface area contributed by atoms with Crippen molar-refractivity contribution in [2.75, 3.05) is 4.90 Å². The number of amides is 1. The normalized spacial score (nSPS) is 16.7. The van der Waals surface area contributed by atoms with Crippen LogP contribution in [0.15, 0.2) is 42.5 Å². The van der Waals surface area contributed by atoms with Gasteiger partial charge in [-0.1, -0.05) is 12.1 Å². The summed E-state index contributed by atoms with van der Waals surface area (Å²) in [7, 11) is 0. The van der Waals surface area contributed by atoms with E-state index in [0.717, 1.165) is 0 Å². The summed E-state index contributed by atoms with van der Waals surface area (Å²) in [6.07, 6.45) is -0.711. The van der Waals surface area contributed by atoms with E-state index in [9.17, 15) is 19.3 Å². The number of ether oxygens (including phenoxy) is 1. The molecular formula is C16H13FN2O4. The third kappa shape index (κ3) is 2.85. The van der Waals surface area contributed by atoms with E-state index < -0.39 is 16.8 Å². The molecule has 1 atom stereocenters. The van der Waals surface area contributed by atoms with Crippen LogP contribution in [0, 0.1) is 15.9 Å². The van der Waals surface area contributed by atoms with Gasteiger partial charge >= 0.3 is 0 Å². The molecule has 1 aliphatic rings. The smallest absolute Gasteiger partial charge is 0.271 e. The van der Waals surface area contributed by atoms with Gasteiger partial charge in [-0.3, -0.25) is 14.9 Å². The van der Waals surface area contributed by atoms with E-state index in [0.29, 0.717) is 17.0 Å². The monoisotopic (exact) mass is 316 g/mol. The topological polar surface area (TPSA) is 72.7 Å². The Kier molecular flexibility index (Phi) is 3.69. The van der Waals surface area contributed by atoms with E-state index in [1.807, 2.05) is 0 Å². The van der Waals surface area contributed by atoms with Crippen LogP contribution < -0.4 is 9.64 Å². The van der Waals surface area contributed by atoms with Crippen molar-refractivity contribution in [1.29, 1.82) is 0 Å². The molecule has 2 aromatic carbocycles. The molecule has 0 bridgehead atoms. The minimum atomic E-state index is -0.711. The summed E-state index contributed by atoms with van der Waals surface area (Å²) < 4.78 is 18.8. The van der Waals surface area contributed by atoms with Crippen LogP contribution in [0.2, 0.25) is 0 Å². The average Bonchev–Trinajstić information content (AvgIpc) is 2.51. The van der Waals surface area contributed by atoms with Crippen molar-refractivity contribution in [3.8, 4) is 5.75 Å². The number of benzene rings is 2. The van der Waals surface area contributed by atoms with Crippen LogP contribution in [0.1, 0.15) is 12.5 Å². The highest BCUT2D eigenvalue weighted by molar-refractivity contribution is 6.00. The maximum Gasteiger partial charge on any atom is 0.271 e. The zero-order valence-corrected chi connectivity index (χ0v) is 12.2. The number of carbonyl (C=O) groups is 1. The summed E-state index contributed by atoms with van der Waals surface area (Å²) in [6, 6.07) is 9.95. The molecule has 0 N–H and O–H groups in total. The second-order valence-corrected chi connectivity index (χ2v) is 5.22. The molecule has 6 nitrogen and oxygen atoms in total.